The van der Waals surface area contributed by atoms with Gasteiger partial charge in [-0.05, 0) is 56.0 Å². The molecule has 0 saturated heterocycles. The van der Waals surface area contributed by atoms with Crippen molar-refractivity contribution < 1.29 is 24.0 Å². The quantitative estimate of drug-likeness (QED) is 0.552. The van der Waals surface area contributed by atoms with Crippen molar-refractivity contribution in [3.05, 3.63) is 64.7 Å². The predicted molar refractivity (Wildman–Crippen MR) is 98.3 cm³/mol. The summed E-state index contributed by atoms with van der Waals surface area (Å²) in [5, 5.41) is 0.541. The van der Waals surface area contributed by atoms with Crippen LogP contribution in [0.15, 0.2) is 42.5 Å². The number of hydrogen-bond acceptors (Lipinski definition) is 5. The smallest absolute Gasteiger partial charge is 0.333 e. The van der Waals surface area contributed by atoms with Crippen molar-refractivity contribution in [1.29, 1.82) is 0 Å². The molecule has 6 heteroatoms. The molecule has 2 amide bonds. The van der Waals surface area contributed by atoms with Crippen LogP contribution in [0, 0.1) is 13.8 Å². The largest absolute Gasteiger partial charge is 0.493 e. The van der Waals surface area contributed by atoms with Crippen LogP contribution in [-0.4, -0.2) is 29.5 Å². The fraction of sp³-hybridized carbons (Fsp3) is 0.286. The first-order chi connectivity index (χ1) is 13.0. The molecule has 3 rings (SSSR count). The predicted octanol–water partition coefficient (Wildman–Crippen LogP) is 3.61. The molecule has 0 aliphatic carbocycles. The van der Waals surface area contributed by atoms with E-state index in [-0.39, 0.29) is 17.5 Å². The van der Waals surface area contributed by atoms with E-state index in [9.17, 15) is 14.4 Å². The Balaban J connectivity index is 1.42. The van der Waals surface area contributed by atoms with E-state index >= 15 is 0 Å². The van der Waals surface area contributed by atoms with Gasteiger partial charge in [-0.25, -0.2) is 4.79 Å². The second-order valence-corrected chi connectivity index (χ2v) is 6.49. The van der Waals surface area contributed by atoms with Crippen LogP contribution in [-0.2, 0) is 9.63 Å². The number of amides is 2. The Kier molecular flexibility index (Phi) is 5.54. The van der Waals surface area contributed by atoms with Crippen LogP contribution in [0.5, 0.6) is 5.75 Å². The maximum atomic E-state index is 12.1. The fourth-order valence-electron chi connectivity index (χ4n) is 2.81. The lowest BCUT2D eigenvalue weighted by Crippen LogP contribution is -2.32. The second kappa shape index (κ2) is 8.03. The molecular weight excluding hydrogens is 346 g/mol. The number of aryl methyl sites for hydroxylation is 2. The molecule has 0 bridgehead atoms. The van der Waals surface area contributed by atoms with E-state index in [1.165, 1.54) is 12.1 Å². The number of rotatable bonds is 7. The van der Waals surface area contributed by atoms with Crippen molar-refractivity contribution in [2.24, 2.45) is 0 Å². The van der Waals surface area contributed by atoms with Crippen molar-refractivity contribution in [2.75, 3.05) is 6.61 Å². The number of fused-ring (bicyclic) bond motifs is 1. The maximum Gasteiger partial charge on any atom is 0.333 e. The Bertz CT molecular complexity index is 855. The number of benzene rings is 2. The molecule has 2 aromatic rings. The lowest BCUT2D eigenvalue weighted by atomic mass is 10.1. The third kappa shape index (κ3) is 4.16. The summed E-state index contributed by atoms with van der Waals surface area (Å²) in [6.07, 6.45) is 1.29. The van der Waals surface area contributed by atoms with Crippen LogP contribution in [0.4, 0.5) is 0 Å². The summed E-state index contributed by atoms with van der Waals surface area (Å²) in [6.45, 7) is 4.46. The Morgan fingerprint density at radius 1 is 0.963 bits per heavy atom. The number of imide groups is 1. The summed E-state index contributed by atoms with van der Waals surface area (Å²) >= 11 is 0. The van der Waals surface area contributed by atoms with Crippen molar-refractivity contribution in [3.8, 4) is 5.75 Å². The van der Waals surface area contributed by atoms with Crippen molar-refractivity contribution in [1.82, 2.24) is 5.06 Å². The van der Waals surface area contributed by atoms with Gasteiger partial charge in [-0.15, -0.1) is 0 Å². The van der Waals surface area contributed by atoms with Gasteiger partial charge < -0.3 is 9.57 Å². The van der Waals surface area contributed by atoms with Gasteiger partial charge in [-0.2, -0.15) is 0 Å². The first kappa shape index (κ1) is 18.6. The number of unbranched alkanes of at least 4 members (excludes halogenated alkanes) is 1. The molecule has 0 saturated carbocycles. The minimum absolute atomic E-state index is 0.101. The molecule has 27 heavy (non-hydrogen) atoms. The van der Waals surface area contributed by atoms with Crippen LogP contribution in [0.1, 0.15) is 51.1 Å². The van der Waals surface area contributed by atoms with E-state index in [4.69, 9.17) is 9.57 Å². The standard InChI is InChI=1S/C21H21NO5/c1-14-10-11-15(2)18(13-14)26-12-6-5-9-19(23)27-22-20(24)16-7-3-4-8-17(16)21(22)25/h3-4,7-8,10-11,13H,5-6,9,12H2,1-2H3. The third-order valence-electron chi connectivity index (χ3n) is 4.33. The number of carbonyl (C=O) groups is 3. The number of hydrogen-bond donors (Lipinski definition) is 0. The van der Waals surface area contributed by atoms with E-state index in [0.717, 1.165) is 16.9 Å². The molecule has 0 aromatic heterocycles. The zero-order valence-corrected chi connectivity index (χ0v) is 15.4. The van der Waals surface area contributed by atoms with Crippen LogP contribution >= 0.6 is 0 Å². The summed E-state index contributed by atoms with van der Waals surface area (Å²) in [5.74, 6) is -0.996. The van der Waals surface area contributed by atoms with Gasteiger partial charge in [0.2, 0.25) is 0 Å². The van der Waals surface area contributed by atoms with Gasteiger partial charge in [-0.3, -0.25) is 9.59 Å². The van der Waals surface area contributed by atoms with E-state index in [0.29, 0.717) is 24.5 Å². The highest BCUT2D eigenvalue weighted by Gasteiger charge is 2.38. The molecule has 0 radical (unpaired) electrons. The van der Waals surface area contributed by atoms with E-state index in [1.54, 1.807) is 12.1 Å². The topological polar surface area (TPSA) is 72.9 Å². The number of hydroxylamine groups is 2. The minimum atomic E-state index is -0.615. The molecule has 6 nitrogen and oxygen atoms in total. The lowest BCUT2D eigenvalue weighted by Gasteiger charge is -2.13. The summed E-state index contributed by atoms with van der Waals surface area (Å²) in [6, 6.07) is 12.4. The zero-order valence-electron chi connectivity index (χ0n) is 15.4. The summed E-state index contributed by atoms with van der Waals surface area (Å²) in [7, 11) is 0. The van der Waals surface area contributed by atoms with Gasteiger partial charge in [0, 0.05) is 6.42 Å². The number of nitrogens with zero attached hydrogens (tertiary/aromatic N) is 1. The summed E-state index contributed by atoms with van der Waals surface area (Å²) in [4.78, 5) is 41.2. The van der Waals surface area contributed by atoms with Crippen molar-refractivity contribution >= 4 is 17.8 Å². The number of carbonyl (C=O) groups excluding carboxylic acids is 3. The minimum Gasteiger partial charge on any atom is -0.493 e. The average Bonchev–Trinajstić information content (AvgIpc) is 2.89. The van der Waals surface area contributed by atoms with Crippen LogP contribution in [0.3, 0.4) is 0 Å². The van der Waals surface area contributed by atoms with Gasteiger partial charge in [-0.1, -0.05) is 29.3 Å². The molecule has 0 unspecified atom stereocenters. The van der Waals surface area contributed by atoms with E-state index < -0.39 is 17.8 Å². The van der Waals surface area contributed by atoms with Gasteiger partial charge >= 0.3 is 5.97 Å². The van der Waals surface area contributed by atoms with Gasteiger partial charge in [0.05, 0.1) is 17.7 Å². The zero-order chi connectivity index (χ0) is 19.4. The molecule has 1 aliphatic heterocycles. The SMILES string of the molecule is Cc1ccc(C)c(OCCCCC(=O)ON2C(=O)c3ccccc3C2=O)c1. The van der Waals surface area contributed by atoms with Gasteiger partial charge in [0.1, 0.15) is 5.75 Å². The highest BCUT2D eigenvalue weighted by molar-refractivity contribution is 6.20. The molecule has 2 aromatic carbocycles. The van der Waals surface area contributed by atoms with Gasteiger partial charge in [0.25, 0.3) is 11.8 Å². The van der Waals surface area contributed by atoms with Crippen molar-refractivity contribution in [2.45, 2.75) is 33.1 Å². The molecule has 0 N–H and O–H groups in total. The molecule has 0 spiro atoms. The Morgan fingerprint density at radius 2 is 1.63 bits per heavy atom. The molecular formula is C21H21NO5. The Morgan fingerprint density at radius 3 is 2.30 bits per heavy atom. The molecule has 1 aliphatic rings. The average molecular weight is 367 g/mol. The molecule has 0 fully saturated rings. The summed E-state index contributed by atoms with van der Waals surface area (Å²) < 4.78 is 5.74. The molecule has 0 atom stereocenters. The normalized spacial score (nSPS) is 12.9. The fourth-order valence-corrected chi connectivity index (χ4v) is 2.81. The van der Waals surface area contributed by atoms with Crippen LogP contribution in [0.2, 0.25) is 0 Å². The molecule has 140 valence electrons. The first-order valence-corrected chi connectivity index (χ1v) is 8.86. The number of ether oxygens (including phenoxy) is 1. The highest BCUT2D eigenvalue weighted by Crippen LogP contribution is 2.23. The van der Waals surface area contributed by atoms with Crippen molar-refractivity contribution in [3.63, 3.8) is 0 Å². The Labute approximate surface area is 157 Å². The highest BCUT2D eigenvalue weighted by atomic mass is 16.7. The monoisotopic (exact) mass is 367 g/mol. The van der Waals surface area contributed by atoms with Gasteiger partial charge in [0.15, 0.2) is 0 Å². The Hall–Kier alpha value is -3.15. The van der Waals surface area contributed by atoms with Crippen LogP contribution in [0.25, 0.3) is 0 Å². The second-order valence-electron chi connectivity index (χ2n) is 6.49. The lowest BCUT2D eigenvalue weighted by molar-refractivity contribution is -0.168. The van der Waals surface area contributed by atoms with Crippen LogP contribution < -0.4 is 4.74 Å². The van der Waals surface area contributed by atoms with E-state index in [1.807, 2.05) is 32.0 Å². The summed E-state index contributed by atoms with van der Waals surface area (Å²) in [5.41, 5.74) is 2.68. The van der Waals surface area contributed by atoms with E-state index in [2.05, 4.69) is 0 Å². The maximum absolute atomic E-state index is 12.1. The third-order valence-corrected chi connectivity index (χ3v) is 4.33. The first-order valence-electron chi connectivity index (χ1n) is 8.86. The molecule has 1 heterocycles.